The summed E-state index contributed by atoms with van der Waals surface area (Å²) in [5, 5.41) is 16.7. The van der Waals surface area contributed by atoms with Crippen molar-refractivity contribution in [3.8, 4) is 11.5 Å². The number of esters is 2. The summed E-state index contributed by atoms with van der Waals surface area (Å²) in [7, 11) is 0. The third-order valence-electron chi connectivity index (χ3n) is 6.73. The van der Waals surface area contributed by atoms with Crippen LogP contribution in [0.25, 0.3) is 0 Å². The second kappa shape index (κ2) is 15.9. The molecule has 0 aromatic heterocycles. The monoisotopic (exact) mass is 640 g/mol. The lowest BCUT2D eigenvalue weighted by Crippen LogP contribution is -2.56. The molecule has 0 bridgehead atoms. The van der Waals surface area contributed by atoms with E-state index in [-0.39, 0.29) is 36.9 Å². The Hall–Kier alpha value is -4.13. The molecule has 0 spiro atoms. The lowest BCUT2D eigenvalue weighted by Gasteiger charge is -2.33. The molecule has 0 aliphatic rings. The van der Waals surface area contributed by atoms with Gasteiger partial charge in [-0.1, -0.05) is 36.4 Å². The topological polar surface area (TPSA) is 177 Å². The van der Waals surface area contributed by atoms with Gasteiger partial charge in [-0.2, -0.15) is 0 Å². The molecule has 12 heteroatoms. The van der Waals surface area contributed by atoms with Crippen molar-refractivity contribution in [1.29, 1.82) is 0 Å². The number of nitrogens with one attached hydrogen (secondary N) is 2. The fraction of sp³-hybridized carbons (Fsp3) is 0.500. The number of aliphatic hydroxyl groups is 1. The van der Waals surface area contributed by atoms with Crippen molar-refractivity contribution in [3.05, 3.63) is 59.7 Å². The summed E-state index contributed by atoms with van der Waals surface area (Å²) in [4.78, 5) is 64.1. The SMILES string of the molecule is CC(C)(CN(C(=O)CN)C(=O)CNC(=O)Cc1ccccc1)NCC(O)c1ccc(OC(=O)C(C)(C)C)c(OC(=O)C(C)(C)C)c1. The molecule has 0 radical (unpaired) electrons. The standard InChI is InChI=1S/C34H48N4O8/c1-32(2,3)30(43)45-25-15-14-23(17-26(25)46-31(44)33(4,5)6)24(39)19-37-34(7,8)21-38(28(41)18-35)29(42)20-36-27(40)16-22-12-10-9-11-13-22/h9-15,17,24,37,39H,16,18-21,35H2,1-8H3,(H,36,40). The third-order valence-corrected chi connectivity index (χ3v) is 6.73. The molecule has 2 aromatic carbocycles. The zero-order chi connectivity index (χ0) is 34.9. The normalized spacial score (nSPS) is 12.6. The zero-order valence-electron chi connectivity index (χ0n) is 28.1. The summed E-state index contributed by atoms with van der Waals surface area (Å²) in [6, 6.07) is 13.5. The number of hydrogen-bond acceptors (Lipinski definition) is 10. The van der Waals surface area contributed by atoms with Gasteiger partial charge >= 0.3 is 11.9 Å². The van der Waals surface area contributed by atoms with Crippen LogP contribution >= 0.6 is 0 Å². The van der Waals surface area contributed by atoms with Crippen LogP contribution in [0.3, 0.4) is 0 Å². The van der Waals surface area contributed by atoms with Gasteiger partial charge in [-0.25, -0.2) is 0 Å². The van der Waals surface area contributed by atoms with Gasteiger partial charge < -0.3 is 30.9 Å². The number of carbonyl (C=O) groups excluding carboxylic acids is 5. The van der Waals surface area contributed by atoms with Crippen molar-refractivity contribution in [1.82, 2.24) is 15.5 Å². The van der Waals surface area contributed by atoms with Crippen LogP contribution in [0.5, 0.6) is 11.5 Å². The van der Waals surface area contributed by atoms with Gasteiger partial charge in [0.15, 0.2) is 11.5 Å². The second-order valence-electron chi connectivity index (χ2n) is 13.8. The van der Waals surface area contributed by atoms with Crippen LogP contribution in [-0.4, -0.2) is 71.4 Å². The zero-order valence-corrected chi connectivity index (χ0v) is 28.1. The Morgan fingerprint density at radius 2 is 1.39 bits per heavy atom. The Bertz CT molecular complexity index is 1390. The Morgan fingerprint density at radius 1 is 0.826 bits per heavy atom. The predicted molar refractivity (Wildman–Crippen MR) is 173 cm³/mol. The van der Waals surface area contributed by atoms with Crippen molar-refractivity contribution in [3.63, 3.8) is 0 Å². The summed E-state index contributed by atoms with van der Waals surface area (Å²) < 4.78 is 11.1. The lowest BCUT2D eigenvalue weighted by atomic mass is 9.97. The van der Waals surface area contributed by atoms with Crippen LogP contribution in [0.15, 0.2) is 48.5 Å². The second-order valence-corrected chi connectivity index (χ2v) is 13.8. The summed E-state index contributed by atoms with van der Waals surface area (Å²) in [5.41, 5.74) is 4.17. The smallest absolute Gasteiger partial charge is 0.316 e. The highest BCUT2D eigenvalue weighted by Crippen LogP contribution is 2.34. The first-order valence-corrected chi connectivity index (χ1v) is 15.1. The number of β-amino-alcohol motifs (C(OH)–C–C–N with tert-alkyl or cyclic N) is 1. The maximum atomic E-state index is 13.0. The molecule has 0 aliphatic carbocycles. The largest absolute Gasteiger partial charge is 0.422 e. The highest BCUT2D eigenvalue weighted by molar-refractivity contribution is 5.98. The summed E-state index contributed by atoms with van der Waals surface area (Å²) >= 11 is 0. The van der Waals surface area contributed by atoms with Crippen LogP contribution in [0.4, 0.5) is 0 Å². The molecule has 46 heavy (non-hydrogen) atoms. The number of benzene rings is 2. The molecule has 0 saturated heterocycles. The molecule has 0 heterocycles. The Balaban J connectivity index is 2.13. The van der Waals surface area contributed by atoms with Crippen molar-refractivity contribution in [2.45, 2.75) is 73.5 Å². The van der Waals surface area contributed by atoms with Gasteiger partial charge in [-0.15, -0.1) is 0 Å². The number of hydrogen-bond donors (Lipinski definition) is 4. The quantitative estimate of drug-likeness (QED) is 0.188. The molecule has 5 N–H and O–H groups in total. The summed E-state index contributed by atoms with van der Waals surface area (Å²) in [6.45, 7) is 12.7. The van der Waals surface area contributed by atoms with Crippen molar-refractivity contribution in [2.24, 2.45) is 16.6 Å². The van der Waals surface area contributed by atoms with Gasteiger partial charge in [0.1, 0.15) is 0 Å². The van der Waals surface area contributed by atoms with Crippen molar-refractivity contribution in [2.75, 3.05) is 26.2 Å². The van der Waals surface area contributed by atoms with E-state index in [0.717, 1.165) is 10.5 Å². The number of carbonyl (C=O) groups is 5. The van der Waals surface area contributed by atoms with Crippen LogP contribution in [-0.2, 0) is 30.4 Å². The molecule has 12 nitrogen and oxygen atoms in total. The highest BCUT2D eigenvalue weighted by atomic mass is 16.6. The van der Waals surface area contributed by atoms with Gasteiger partial charge in [0, 0.05) is 18.6 Å². The van der Waals surface area contributed by atoms with E-state index >= 15 is 0 Å². The van der Waals surface area contributed by atoms with Crippen LogP contribution in [0.1, 0.15) is 72.6 Å². The fourth-order valence-corrected chi connectivity index (χ4v) is 3.88. The average molecular weight is 641 g/mol. The molecule has 1 atom stereocenters. The molecule has 0 fully saturated rings. The van der Waals surface area contributed by atoms with Gasteiger partial charge in [0.2, 0.25) is 17.7 Å². The Kier molecular flexibility index (Phi) is 13.2. The molecule has 252 valence electrons. The van der Waals surface area contributed by atoms with E-state index < -0.39 is 59.3 Å². The minimum absolute atomic E-state index is 0.0204. The van der Waals surface area contributed by atoms with Gasteiger partial charge in [0.25, 0.3) is 0 Å². The number of aliphatic hydroxyl groups excluding tert-OH is 1. The van der Waals surface area contributed by atoms with E-state index in [4.69, 9.17) is 15.2 Å². The van der Waals surface area contributed by atoms with Crippen LogP contribution < -0.4 is 25.8 Å². The average Bonchev–Trinajstić information content (AvgIpc) is 2.97. The molecular weight excluding hydrogens is 592 g/mol. The van der Waals surface area contributed by atoms with Crippen molar-refractivity contribution >= 4 is 29.7 Å². The van der Waals surface area contributed by atoms with Gasteiger partial charge in [-0.05, 0) is 78.6 Å². The first-order chi connectivity index (χ1) is 21.2. The number of ether oxygens (including phenoxy) is 2. The van der Waals surface area contributed by atoms with Gasteiger partial charge in [-0.3, -0.25) is 28.9 Å². The number of rotatable bonds is 13. The molecule has 0 saturated carbocycles. The highest BCUT2D eigenvalue weighted by Gasteiger charge is 2.31. The summed E-state index contributed by atoms with van der Waals surface area (Å²) in [6.07, 6.45) is -1.04. The van der Waals surface area contributed by atoms with Crippen LogP contribution in [0.2, 0.25) is 0 Å². The van der Waals surface area contributed by atoms with Crippen molar-refractivity contribution < 1.29 is 38.6 Å². The molecule has 2 rings (SSSR count). The predicted octanol–water partition coefficient (Wildman–Crippen LogP) is 2.66. The van der Waals surface area contributed by atoms with Gasteiger partial charge in [0.05, 0.1) is 36.4 Å². The van der Waals surface area contributed by atoms with E-state index in [0.29, 0.717) is 5.56 Å². The first-order valence-electron chi connectivity index (χ1n) is 15.1. The van der Waals surface area contributed by atoms with E-state index in [9.17, 15) is 29.1 Å². The van der Waals surface area contributed by atoms with E-state index in [2.05, 4.69) is 10.6 Å². The lowest BCUT2D eigenvalue weighted by molar-refractivity contribution is -0.145. The molecule has 0 aliphatic heterocycles. The van der Waals surface area contributed by atoms with Crippen LogP contribution in [0, 0.1) is 10.8 Å². The number of imide groups is 1. The maximum absolute atomic E-state index is 13.0. The van der Waals surface area contributed by atoms with E-state index in [1.54, 1.807) is 73.6 Å². The number of nitrogens with zero attached hydrogens (tertiary/aromatic N) is 1. The minimum atomic E-state index is -1.12. The Labute approximate surface area is 271 Å². The van der Waals surface area contributed by atoms with E-state index in [1.807, 2.05) is 18.2 Å². The molecular formula is C34H48N4O8. The maximum Gasteiger partial charge on any atom is 0.316 e. The number of nitrogens with two attached hydrogens (primary N) is 1. The van der Waals surface area contributed by atoms with E-state index in [1.165, 1.54) is 12.1 Å². The minimum Gasteiger partial charge on any atom is -0.422 e. The molecule has 1 unspecified atom stereocenters. The first kappa shape index (κ1) is 38.1. The molecule has 2 aromatic rings. The Morgan fingerprint density at radius 3 is 1.93 bits per heavy atom. The molecule has 3 amide bonds. The summed E-state index contributed by atoms with van der Waals surface area (Å²) in [5.74, 6) is -2.69. The third kappa shape index (κ3) is 12.0. The number of amides is 3. The fourth-order valence-electron chi connectivity index (χ4n) is 3.88.